The Bertz CT molecular complexity index is 532. The smallest absolute Gasteiger partial charge is 0.0991 e. The molecule has 2 N–H and O–H groups in total. The number of hydrogen-bond acceptors (Lipinski definition) is 2. The van der Waals surface area contributed by atoms with Crippen LogP contribution in [0.1, 0.15) is 18.9 Å². The van der Waals surface area contributed by atoms with Gasteiger partial charge in [0.05, 0.1) is 11.6 Å². The van der Waals surface area contributed by atoms with Gasteiger partial charge in [-0.05, 0) is 37.6 Å². The molecule has 16 heavy (non-hydrogen) atoms. The summed E-state index contributed by atoms with van der Waals surface area (Å²) in [6, 6.07) is 10.2. The highest BCUT2D eigenvalue weighted by Gasteiger charge is 2.02. The van der Waals surface area contributed by atoms with Crippen LogP contribution in [0.15, 0.2) is 30.5 Å². The molecule has 1 aromatic carbocycles. The Morgan fingerprint density at radius 1 is 1.44 bits per heavy atom. The van der Waals surface area contributed by atoms with E-state index in [1.165, 1.54) is 5.52 Å². The van der Waals surface area contributed by atoms with E-state index >= 15 is 0 Å². The van der Waals surface area contributed by atoms with Gasteiger partial charge in [0.1, 0.15) is 0 Å². The van der Waals surface area contributed by atoms with Gasteiger partial charge in [-0.25, -0.2) is 0 Å². The third-order valence-corrected chi connectivity index (χ3v) is 2.73. The molecule has 1 heterocycles. The molecule has 0 aliphatic rings. The first-order valence-electron chi connectivity index (χ1n) is 5.45. The summed E-state index contributed by atoms with van der Waals surface area (Å²) >= 11 is 0. The van der Waals surface area contributed by atoms with Crippen LogP contribution in [0.3, 0.4) is 0 Å². The lowest BCUT2D eigenvalue weighted by Crippen LogP contribution is -2.17. The summed E-state index contributed by atoms with van der Waals surface area (Å²) in [4.78, 5) is 0. The molecule has 1 unspecified atom stereocenters. The van der Waals surface area contributed by atoms with Crippen LogP contribution in [0.5, 0.6) is 0 Å². The van der Waals surface area contributed by atoms with Gasteiger partial charge in [-0.1, -0.05) is 0 Å². The van der Waals surface area contributed by atoms with Gasteiger partial charge in [-0.15, -0.1) is 0 Å². The summed E-state index contributed by atoms with van der Waals surface area (Å²) in [5, 5.41) is 9.92. The van der Waals surface area contributed by atoms with E-state index in [4.69, 9.17) is 11.0 Å². The second-order valence-electron chi connectivity index (χ2n) is 4.16. The van der Waals surface area contributed by atoms with Gasteiger partial charge < -0.3 is 10.3 Å². The van der Waals surface area contributed by atoms with Crippen molar-refractivity contribution in [3.8, 4) is 6.07 Å². The highest BCUT2D eigenvalue weighted by molar-refractivity contribution is 5.81. The van der Waals surface area contributed by atoms with Crippen LogP contribution in [0.25, 0.3) is 10.9 Å². The van der Waals surface area contributed by atoms with Gasteiger partial charge >= 0.3 is 0 Å². The predicted octanol–water partition coefficient (Wildman–Crippen LogP) is 2.25. The van der Waals surface area contributed by atoms with Crippen molar-refractivity contribution in [3.05, 3.63) is 36.0 Å². The molecule has 0 radical (unpaired) electrons. The highest BCUT2D eigenvalue weighted by atomic mass is 15.0. The van der Waals surface area contributed by atoms with Crippen LogP contribution in [0.4, 0.5) is 0 Å². The fraction of sp³-hybridized carbons (Fsp3) is 0.308. The Hall–Kier alpha value is -1.79. The molecule has 0 fully saturated rings. The predicted molar refractivity (Wildman–Crippen MR) is 64.9 cm³/mol. The molecular weight excluding hydrogens is 198 g/mol. The maximum atomic E-state index is 8.81. The maximum absolute atomic E-state index is 8.81. The summed E-state index contributed by atoms with van der Waals surface area (Å²) in [7, 11) is 0. The molecule has 0 saturated carbocycles. The molecule has 0 amide bonds. The first-order chi connectivity index (χ1) is 7.70. The molecule has 1 atom stereocenters. The summed E-state index contributed by atoms with van der Waals surface area (Å²) in [5.41, 5.74) is 7.61. The monoisotopic (exact) mass is 213 g/mol. The van der Waals surface area contributed by atoms with Crippen molar-refractivity contribution in [3.63, 3.8) is 0 Å². The largest absolute Gasteiger partial charge is 0.347 e. The molecule has 2 rings (SSSR count). The zero-order valence-electron chi connectivity index (χ0n) is 9.35. The SMILES string of the molecule is CC(N)CCn1ccc2cc(C#N)ccc21. The van der Waals surface area contributed by atoms with Crippen molar-refractivity contribution in [1.29, 1.82) is 5.26 Å². The molecule has 1 aromatic heterocycles. The number of aromatic nitrogens is 1. The lowest BCUT2D eigenvalue weighted by atomic mass is 10.2. The molecule has 2 aromatic rings. The van der Waals surface area contributed by atoms with Crippen LogP contribution in [-0.2, 0) is 6.54 Å². The van der Waals surface area contributed by atoms with Crippen LogP contribution in [0.2, 0.25) is 0 Å². The van der Waals surface area contributed by atoms with E-state index in [1.54, 1.807) is 0 Å². The standard InChI is InChI=1S/C13H15N3/c1-10(15)4-6-16-7-5-12-8-11(9-14)2-3-13(12)16/h2-3,5,7-8,10H,4,6,15H2,1H3. The van der Waals surface area contributed by atoms with E-state index in [2.05, 4.69) is 10.6 Å². The number of fused-ring (bicyclic) bond motifs is 1. The Labute approximate surface area is 95.1 Å². The zero-order valence-corrected chi connectivity index (χ0v) is 9.35. The van der Waals surface area contributed by atoms with Crippen LogP contribution < -0.4 is 5.73 Å². The van der Waals surface area contributed by atoms with Crippen LogP contribution in [-0.4, -0.2) is 10.6 Å². The third kappa shape index (κ3) is 2.07. The van der Waals surface area contributed by atoms with E-state index in [0.717, 1.165) is 18.4 Å². The molecule has 0 aliphatic heterocycles. The first kappa shape index (κ1) is 10.7. The van der Waals surface area contributed by atoms with Gasteiger partial charge in [0.15, 0.2) is 0 Å². The number of benzene rings is 1. The average Bonchev–Trinajstić information content (AvgIpc) is 2.68. The average molecular weight is 213 g/mol. The van der Waals surface area contributed by atoms with Gasteiger partial charge in [0, 0.05) is 29.7 Å². The minimum atomic E-state index is 0.218. The van der Waals surface area contributed by atoms with Gasteiger partial charge in [0.2, 0.25) is 0 Å². The summed E-state index contributed by atoms with van der Waals surface area (Å²) < 4.78 is 2.18. The topological polar surface area (TPSA) is 54.7 Å². The van der Waals surface area contributed by atoms with E-state index in [1.807, 2.05) is 37.4 Å². The summed E-state index contributed by atoms with van der Waals surface area (Å²) in [5.74, 6) is 0. The van der Waals surface area contributed by atoms with Crippen LogP contribution in [0, 0.1) is 11.3 Å². The fourth-order valence-electron chi connectivity index (χ4n) is 1.81. The summed E-state index contributed by atoms with van der Waals surface area (Å²) in [6.45, 7) is 2.94. The Kier molecular flexibility index (Phi) is 2.93. The van der Waals surface area contributed by atoms with Crippen molar-refractivity contribution < 1.29 is 0 Å². The number of nitriles is 1. The Morgan fingerprint density at radius 3 is 2.94 bits per heavy atom. The van der Waals surface area contributed by atoms with Crippen molar-refractivity contribution >= 4 is 10.9 Å². The number of hydrogen-bond donors (Lipinski definition) is 1. The first-order valence-corrected chi connectivity index (χ1v) is 5.45. The molecular formula is C13H15N3. The van der Waals surface area contributed by atoms with Crippen molar-refractivity contribution in [1.82, 2.24) is 4.57 Å². The molecule has 0 saturated heterocycles. The lowest BCUT2D eigenvalue weighted by molar-refractivity contribution is 0.582. The maximum Gasteiger partial charge on any atom is 0.0991 e. The third-order valence-electron chi connectivity index (χ3n) is 2.73. The van der Waals surface area contributed by atoms with Gasteiger partial charge in [-0.3, -0.25) is 0 Å². The second-order valence-corrected chi connectivity index (χ2v) is 4.16. The Morgan fingerprint density at radius 2 is 2.25 bits per heavy atom. The molecule has 0 aliphatic carbocycles. The van der Waals surface area contributed by atoms with E-state index < -0.39 is 0 Å². The Balaban J connectivity index is 2.31. The number of aryl methyl sites for hydroxylation is 1. The zero-order chi connectivity index (χ0) is 11.5. The van der Waals surface area contributed by atoms with E-state index in [-0.39, 0.29) is 6.04 Å². The summed E-state index contributed by atoms with van der Waals surface area (Å²) in [6.07, 6.45) is 3.01. The fourth-order valence-corrected chi connectivity index (χ4v) is 1.81. The van der Waals surface area contributed by atoms with E-state index in [9.17, 15) is 0 Å². The molecule has 3 heteroatoms. The minimum Gasteiger partial charge on any atom is -0.347 e. The van der Waals surface area contributed by atoms with Gasteiger partial charge in [0.25, 0.3) is 0 Å². The number of rotatable bonds is 3. The van der Waals surface area contributed by atoms with Crippen molar-refractivity contribution in [2.24, 2.45) is 5.73 Å². The van der Waals surface area contributed by atoms with Crippen LogP contribution >= 0.6 is 0 Å². The molecule has 0 spiro atoms. The minimum absolute atomic E-state index is 0.218. The van der Waals surface area contributed by atoms with E-state index in [0.29, 0.717) is 5.56 Å². The van der Waals surface area contributed by atoms with Gasteiger partial charge in [-0.2, -0.15) is 5.26 Å². The lowest BCUT2D eigenvalue weighted by Gasteiger charge is -2.07. The van der Waals surface area contributed by atoms with Crippen molar-refractivity contribution in [2.75, 3.05) is 0 Å². The normalized spacial score (nSPS) is 12.6. The second kappa shape index (κ2) is 4.38. The van der Waals surface area contributed by atoms with Crippen molar-refractivity contribution in [2.45, 2.75) is 25.9 Å². The molecule has 82 valence electrons. The number of nitrogens with two attached hydrogens (primary N) is 1. The molecule has 0 bridgehead atoms. The highest BCUT2D eigenvalue weighted by Crippen LogP contribution is 2.17. The number of nitrogens with zero attached hydrogens (tertiary/aromatic N) is 2. The quantitative estimate of drug-likeness (QED) is 0.850. The molecule has 3 nitrogen and oxygen atoms in total.